The van der Waals surface area contributed by atoms with Crippen LogP contribution < -0.4 is 0 Å². The summed E-state index contributed by atoms with van der Waals surface area (Å²) in [5, 5.41) is 4.63. The summed E-state index contributed by atoms with van der Waals surface area (Å²) in [6.45, 7) is 7.60. The van der Waals surface area contributed by atoms with Crippen LogP contribution in [0.1, 0.15) is 0 Å². The maximum absolute atomic E-state index is 7.60. The lowest BCUT2D eigenvalue weighted by atomic mass is 9.88. The Morgan fingerprint density at radius 3 is 1.83 bits per heavy atom. The first-order chi connectivity index (χ1) is 22.7. The molecule has 0 aliphatic carbocycles. The van der Waals surface area contributed by atoms with Crippen LogP contribution in [-0.4, -0.2) is 15.0 Å². The van der Waals surface area contributed by atoms with Crippen molar-refractivity contribution in [2.45, 2.75) is 0 Å². The average molecular weight is 587 g/mol. The molecule has 46 heavy (non-hydrogen) atoms. The van der Waals surface area contributed by atoms with Crippen LogP contribution in [0.2, 0.25) is 0 Å². The van der Waals surface area contributed by atoms with Crippen molar-refractivity contribution in [3.05, 3.63) is 169 Å². The van der Waals surface area contributed by atoms with E-state index < -0.39 is 0 Å². The molecule has 0 saturated carbocycles. The summed E-state index contributed by atoms with van der Waals surface area (Å²) in [5.74, 6) is 0. The second kappa shape index (κ2) is 11.6. The van der Waals surface area contributed by atoms with Gasteiger partial charge in [0.2, 0.25) is 0 Å². The number of fused-ring (bicyclic) bond motifs is 2. The van der Waals surface area contributed by atoms with Crippen molar-refractivity contribution in [2.24, 2.45) is 0 Å². The Bertz CT molecular complexity index is 2370. The summed E-state index contributed by atoms with van der Waals surface area (Å²) >= 11 is 0. The van der Waals surface area contributed by atoms with Crippen LogP contribution >= 0.6 is 0 Å². The molecule has 4 nitrogen and oxygen atoms in total. The minimum absolute atomic E-state index is 0.632. The van der Waals surface area contributed by atoms with E-state index >= 15 is 0 Å². The van der Waals surface area contributed by atoms with Crippen molar-refractivity contribution in [3.63, 3.8) is 0 Å². The van der Waals surface area contributed by atoms with Gasteiger partial charge in [0.1, 0.15) is 0 Å². The molecule has 0 fully saturated rings. The van der Waals surface area contributed by atoms with Crippen LogP contribution in [0.15, 0.2) is 158 Å². The Labute approximate surface area is 267 Å². The maximum Gasteiger partial charge on any atom is 0.187 e. The van der Waals surface area contributed by atoms with Crippen molar-refractivity contribution >= 4 is 27.2 Å². The van der Waals surface area contributed by atoms with E-state index in [4.69, 9.17) is 11.6 Å². The highest BCUT2D eigenvalue weighted by Crippen LogP contribution is 2.40. The number of hydrogen-bond donors (Lipinski definition) is 0. The third kappa shape index (κ3) is 5.06. The van der Waals surface area contributed by atoms with E-state index in [2.05, 4.69) is 106 Å². The molecular formula is C42H26N4. The molecule has 214 valence electrons. The molecule has 0 amide bonds. The van der Waals surface area contributed by atoms with Gasteiger partial charge in [0.15, 0.2) is 5.69 Å². The topological polar surface area (TPSA) is 43.0 Å². The molecule has 0 saturated heterocycles. The van der Waals surface area contributed by atoms with E-state index in [9.17, 15) is 0 Å². The monoisotopic (exact) mass is 586 g/mol. The van der Waals surface area contributed by atoms with Crippen molar-refractivity contribution in [1.82, 2.24) is 15.0 Å². The fraction of sp³-hybridized carbons (Fsp3) is 0. The summed E-state index contributed by atoms with van der Waals surface area (Å²) in [6.07, 6.45) is 3.58. The smallest absolute Gasteiger partial charge is 0.187 e. The normalized spacial score (nSPS) is 11.0. The lowest BCUT2D eigenvalue weighted by Crippen LogP contribution is -1.94. The average Bonchev–Trinajstić information content (AvgIpc) is 3.14. The van der Waals surface area contributed by atoms with Crippen LogP contribution in [0.4, 0.5) is 5.69 Å². The molecule has 8 aromatic rings. The molecule has 0 radical (unpaired) electrons. The Hall–Kier alpha value is -6.44. The predicted octanol–water partition coefficient (Wildman–Crippen LogP) is 11.1. The van der Waals surface area contributed by atoms with E-state index in [0.717, 1.165) is 72.3 Å². The highest BCUT2D eigenvalue weighted by atomic mass is 14.8. The Kier molecular flexibility index (Phi) is 6.83. The van der Waals surface area contributed by atoms with Crippen LogP contribution in [0.25, 0.3) is 82.5 Å². The fourth-order valence-electron chi connectivity index (χ4n) is 6.14. The Morgan fingerprint density at radius 2 is 1.11 bits per heavy atom. The van der Waals surface area contributed by atoms with Gasteiger partial charge in [-0.15, -0.1) is 0 Å². The third-order valence-electron chi connectivity index (χ3n) is 8.36. The summed E-state index contributed by atoms with van der Waals surface area (Å²) in [4.78, 5) is 17.8. The molecule has 0 bridgehead atoms. The molecule has 3 aromatic heterocycles. The number of nitrogens with zero attached hydrogens (tertiary/aromatic N) is 4. The van der Waals surface area contributed by atoms with E-state index in [-0.39, 0.29) is 0 Å². The third-order valence-corrected chi connectivity index (χ3v) is 8.36. The lowest BCUT2D eigenvalue weighted by Gasteiger charge is -2.15. The van der Waals surface area contributed by atoms with Gasteiger partial charge in [0, 0.05) is 12.4 Å². The van der Waals surface area contributed by atoms with Gasteiger partial charge in [-0.1, -0.05) is 91.0 Å². The Balaban J connectivity index is 1.29. The molecular weight excluding hydrogens is 560 g/mol. The molecule has 0 aliphatic heterocycles. The van der Waals surface area contributed by atoms with E-state index in [1.807, 2.05) is 54.6 Å². The van der Waals surface area contributed by atoms with Gasteiger partial charge >= 0.3 is 0 Å². The summed E-state index contributed by atoms with van der Waals surface area (Å²) in [5.41, 5.74) is 10.4. The highest BCUT2D eigenvalue weighted by molar-refractivity contribution is 6.05. The molecule has 3 heterocycles. The van der Waals surface area contributed by atoms with Gasteiger partial charge in [-0.2, -0.15) is 0 Å². The van der Waals surface area contributed by atoms with Gasteiger partial charge in [-0.3, -0.25) is 9.97 Å². The summed E-state index contributed by atoms with van der Waals surface area (Å²) in [6, 6.07) is 49.9. The van der Waals surface area contributed by atoms with Crippen molar-refractivity contribution in [2.75, 3.05) is 0 Å². The first-order valence-corrected chi connectivity index (χ1v) is 15.1. The molecule has 4 heteroatoms. The standard InChI is InChI=1S/C42H26N4/c1-43-35-11-8-10-32(25-35)42-36-12-3-2-9-29(36)19-20-37(42)31-18-16-28-15-17-30(23-33(28)24-31)34-26-40(38-13-4-6-21-44-38)46-41(27-34)39-14-5-7-22-45-39/h2-27H. The largest absolute Gasteiger partial charge is 0.255 e. The van der Waals surface area contributed by atoms with E-state index in [0.29, 0.717) is 5.69 Å². The molecule has 0 N–H and O–H groups in total. The number of rotatable bonds is 5. The minimum Gasteiger partial charge on any atom is -0.255 e. The van der Waals surface area contributed by atoms with Crippen molar-refractivity contribution in [3.8, 4) is 56.2 Å². The summed E-state index contributed by atoms with van der Waals surface area (Å²) < 4.78 is 0. The minimum atomic E-state index is 0.632. The zero-order valence-corrected chi connectivity index (χ0v) is 24.8. The fourth-order valence-corrected chi connectivity index (χ4v) is 6.14. The molecule has 0 spiro atoms. The van der Waals surface area contributed by atoms with Gasteiger partial charge < -0.3 is 0 Å². The SMILES string of the molecule is [C-]#[N+]c1cccc(-c2c(-c3ccc4ccc(-c5cc(-c6ccccn6)nc(-c6ccccn6)c5)cc4c3)ccc3ccccc23)c1. The zero-order chi connectivity index (χ0) is 30.9. The quantitative estimate of drug-likeness (QED) is 0.188. The second-order valence-electron chi connectivity index (χ2n) is 11.2. The van der Waals surface area contributed by atoms with Gasteiger partial charge in [-0.05, 0) is 110 Å². The zero-order valence-electron chi connectivity index (χ0n) is 24.8. The number of aromatic nitrogens is 3. The number of hydrogen-bond acceptors (Lipinski definition) is 3. The first kappa shape index (κ1) is 27.1. The maximum atomic E-state index is 7.60. The highest BCUT2D eigenvalue weighted by Gasteiger charge is 2.14. The molecule has 0 unspecified atom stereocenters. The van der Waals surface area contributed by atoms with Gasteiger partial charge in [0.05, 0.1) is 29.3 Å². The summed E-state index contributed by atoms with van der Waals surface area (Å²) in [7, 11) is 0. The van der Waals surface area contributed by atoms with Crippen molar-refractivity contribution in [1.29, 1.82) is 0 Å². The first-order valence-electron chi connectivity index (χ1n) is 15.1. The van der Waals surface area contributed by atoms with Crippen LogP contribution in [0.3, 0.4) is 0 Å². The predicted molar refractivity (Wildman–Crippen MR) is 188 cm³/mol. The second-order valence-corrected chi connectivity index (χ2v) is 11.2. The van der Waals surface area contributed by atoms with E-state index in [1.165, 1.54) is 5.39 Å². The van der Waals surface area contributed by atoms with Crippen LogP contribution in [-0.2, 0) is 0 Å². The van der Waals surface area contributed by atoms with Gasteiger partial charge in [-0.25, -0.2) is 9.83 Å². The van der Waals surface area contributed by atoms with Gasteiger partial charge in [0.25, 0.3) is 0 Å². The molecule has 0 aliphatic rings. The van der Waals surface area contributed by atoms with Crippen LogP contribution in [0.5, 0.6) is 0 Å². The molecule has 0 atom stereocenters. The number of benzene rings is 5. The van der Waals surface area contributed by atoms with Crippen LogP contribution in [0, 0.1) is 6.57 Å². The Morgan fingerprint density at radius 1 is 0.435 bits per heavy atom. The number of pyridine rings is 3. The molecule has 5 aromatic carbocycles. The molecule has 8 rings (SSSR count). The lowest BCUT2D eigenvalue weighted by molar-refractivity contribution is 1.22. The van der Waals surface area contributed by atoms with Crippen molar-refractivity contribution < 1.29 is 0 Å². The van der Waals surface area contributed by atoms with E-state index in [1.54, 1.807) is 12.4 Å².